The van der Waals surface area contributed by atoms with E-state index in [0.717, 1.165) is 44.9 Å². The molecule has 0 aliphatic carbocycles. The Bertz CT molecular complexity index is 340. The van der Waals surface area contributed by atoms with Crippen LogP contribution in [0.1, 0.15) is 77.6 Å². The number of methoxy groups -OCH3 is 1. The van der Waals surface area contributed by atoms with E-state index in [1.165, 1.54) is 26.4 Å². The molecule has 0 saturated carbocycles. The number of carbonyl (C=O) groups is 1. The average Bonchev–Trinajstić information content (AvgIpc) is 3.33. The van der Waals surface area contributed by atoms with E-state index in [-0.39, 0.29) is 18.2 Å². The van der Waals surface area contributed by atoms with Crippen molar-refractivity contribution in [2.75, 3.05) is 7.11 Å². The van der Waals surface area contributed by atoms with Gasteiger partial charge in [0.2, 0.25) is 0 Å². The van der Waals surface area contributed by atoms with Crippen molar-refractivity contribution in [3.8, 4) is 0 Å². The first-order valence-electron chi connectivity index (χ1n) is 9.26. The van der Waals surface area contributed by atoms with E-state index in [4.69, 9.17) is 4.74 Å². The Morgan fingerprint density at radius 1 is 1.17 bits per heavy atom. The van der Waals surface area contributed by atoms with Crippen LogP contribution in [-0.2, 0) is 14.3 Å². The van der Waals surface area contributed by atoms with Crippen molar-refractivity contribution >= 4 is 5.97 Å². The fourth-order valence-electron chi connectivity index (χ4n) is 2.79. The van der Waals surface area contributed by atoms with Gasteiger partial charge < -0.3 is 14.6 Å². The maximum atomic E-state index is 11.0. The SMILES string of the molecule is CCCCC/C=C\C(O)C1OC1CCCCCCCC(=O)OC. The molecule has 134 valence electrons. The summed E-state index contributed by atoms with van der Waals surface area (Å²) in [5, 5.41) is 10.0. The summed E-state index contributed by atoms with van der Waals surface area (Å²) in [5.74, 6) is -0.115. The average molecular weight is 326 g/mol. The summed E-state index contributed by atoms with van der Waals surface area (Å²) in [6, 6.07) is 0. The lowest BCUT2D eigenvalue weighted by atomic mass is 10.0. The molecule has 0 aromatic heterocycles. The molecule has 1 aliphatic rings. The molecule has 0 amide bonds. The number of rotatable bonds is 14. The normalized spacial score (nSPS) is 21.5. The number of carbonyl (C=O) groups excluding carboxylic acids is 1. The third-order valence-corrected chi connectivity index (χ3v) is 4.36. The molecule has 3 unspecified atom stereocenters. The summed E-state index contributed by atoms with van der Waals surface area (Å²) in [6.07, 6.45) is 15.5. The Morgan fingerprint density at radius 3 is 2.65 bits per heavy atom. The van der Waals surface area contributed by atoms with Gasteiger partial charge in [-0.2, -0.15) is 0 Å². The first-order valence-corrected chi connectivity index (χ1v) is 9.26. The van der Waals surface area contributed by atoms with Crippen LogP contribution in [0.5, 0.6) is 0 Å². The predicted octanol–water partition coefficient (Wildman–Crippen LogP) is 4.15. The summed E-state index contributed by atoms with van der Waals surface area (Å²) in [7, 11) is 1.43. The van der Waals surface area contributed by atoms with Crippen LogP contribution in [0.15, 0.2) is 12.2 Å². The van der Waals surface area contributed by atoms with E-state index in [2.05, 4.69) is 17.7 Å². The van der Waals surface area contributed by atoms with Gasteiger partial charge in [-0.15, -0.1) is 0 Å². The third-order valence-electron chi connectivity index (χ3n) is 4.36. The van der Waals surface area contributed by atoms with Crippen molar-refractivity contribution in [2.45, 2.75) is 95.9 Å². The van der Waals surface area contributed by atoms with E-state index in [1.807, 2.05) is 6.08 Å². The number of allylic oxidation sites excluding steroid dienone is 1. The van der Waals surface area contributed by atoms with Crippen LogP contribution in [0.25, 0.3) is 0 Å². The Labute approximate surface area is 141 Å². The smallest absolute Gasteiger partial charge is 0.305 e. The quantitative estimate of drug-likeness (QED) is 0.225. The molecular formula is C19H34O4. The number of unbranched alkanes of at least 4 members (excludes halogenated alkanes) is 7. The number of ether oxygens (including phenoxy) is 2. The molecule has 0 bridgehead atoms. The van der Waals surface area contributed by atoms with Gasteiger partial charge in [0.25, 0.3) is 0 Å². The van der Waals surface area contributed by atoms with Gasteiger partial charge in [0.05, 0.1) is 13.2 Å². The number of aliphatic hydroxyl groups excluding tert-OH is 1. The lowest BCUT2D eigenvalue weighted by Gasteiger charge is -2.02. The van der Waals surface area contributed by atoms with Crippen LogP contribution >= 0.6 is 0 Å². The largest absolute Gasteiger partial charge is 0.469 e. The van der Waals surface area contributed by atoms with Crippen molar-refractivity contribution in [3.63, 3.8) is 0 Å². The van der Waals surface area contributed by atoms with E-state index in [0.29, 0.717) is 6.42 Å². The van der Waals surface area contributed by atoms with Gasteiger partial charge in [0.15, 0.2) is 0 Å². The van der Waals surface area contributed by atoms with Crippen LogP contribution in [0.3, 0.4) is 0 Å². The fourth-order valence-corrected chi connectivity index (χ4v) is 2.79. The predicted molar refractivity (Wildman–Crippen MR) is 92.3 cm³/mol. The molecule has 3 atom stereocenters. The molecule has 0 aromatic rings. The Hall–Kier alpha value is -0.870. The molecule has 0 radical (unpaired) electrons. The fraction of sp³-hybridized carbons (Fsp3) is 0.842. The monoisotopic (exact) mass is 326 g/mol. The first kappa shape index (κ1) is 20.2. The summed E-state index contributed by atoms with van der Waals surface area (Å²) in [6.45, 7) is 2.19. The van der Waals surface area contributed by atoms with E-state index in [1.54, 1.807) is 0 Å². The van der Waals surface area contributed by atoms with E-state index in [9.17, 15) is 9.90 Å². The second-order valence-corrected chi connectivity index (χ2v) is 6.44. The highest BCUT2D eigenvalue weighted by atomic mass is 16.6. The lowest BCUT2D eigenvalue weighted by Crippen LogP contribution is -2.13. The number of epoxide rings is 1. The molecule has 23 heavy (non-hydrogen) atoms. The van der Waals surface area contributed by atoms with Crippen LogP contribution in [0, 0.1) is 0 Å². The van der Waals surface area contributed by atoms with Crippen LogP contribution < -0.4 is 0 Å². The second kappa shape index (κ2) is 12.5. The van der Waals surface area contributed by atoms with E-state index < -0.39 is 6.10 Å². The molecule has 1 saturated heterocycles. The minimum Gasteiger partial charge on any atom is -0.469 e. The maximum absolute atomic E-state index is 11.0. The molecule has 1 rings (SSSR count). The van der Waals surface area contributed by atoms with Gasteiger partial charge in [0.1, 0.15) is 12.2 Å². The highest BCUT2D eigenvalue weighted by molar-refractivity contribution is 5.68. The van der Waals surface area contributed by atoms with Gasteiger partial charge in [-0.25, -0.2) is 0 Å². The molecule has 4 nitrogen and oxygen atoms in total. The summed E-state index contributed by atoms with van der Waals surface area (Å²) < 4.78 is 10.2. The van der Waals surface area contributed by atoms with Crippen molar-refractivity contribution in [1.29, 1.82) is 0 Å². The summed E-state index contributed by atoms with van der Waals surface area (Å²) in [4.78, 5) is 11.0. The summed E-state index contributed by atoms with van der Waals surface area (Å²) >= 11 is 0. The molecule has 1 aliphatic heterocycles. The number of hydrogen-bond donors (Lipinski definition) is 1. The van der Waals surface area contributed by atoms with Crippen molar-refractivity contribution in [2.24, 2.45) is 0 Å². The van der Waals surface area contributed by atoms with Gasteiger partial charge in [-0.1, -0.05) is 57.6 Å². The minimum absolute atomic E-state index is 0.0109. The minimum atomic E-state index is -0.443. The Balaban J connectivity index is 1.93. The molecular weight excluding hydrogens is 292 g/mol. The molecule has 4 heteroatoms. The number of esters is 1. The van der Waals surface area contributed by atoms with E-state index >= 15 is 0 Å². The molecule has 1 heterocycles. The zero-order valence-electron chi connectivity index (χ0n) is 14.8. The second-order valence-electron chi connectivity index (χ2n) is 6.44. The zero-order valence-corrected chi connectivity index (χ0v) is 14.8. The van der Waals surface area contributed by atoms with Gasteiger partial charge in [-0.3, -0.25) is 4.79 Å². The molecule has 1 N–H and O–H groups in total. The highest BCUT2D eigenvalue weighted by Crippen LogP contribution is 2.31. The molecule has 0 spiro atoms. The van der Waals surface area contributed by atoms with Gasteiger partial charge in [0, 0.05) is 6.42 Å². The highest BCUT2D eigenvalue weighted by Gasteiger charge is 2.42. The Kier molecular flexibility index (Phi) is 11.0. The first-order chi connectivity index (χ1) is 11.2. The molecule has 1 fully saturated rings. The third kappa shape index (κ3) is 9.77. The Morgan fingerprint density at radius 2 is 1.91 bits per heavy atom. The van der Waals surface area contributed by atoms with Crippen LogP contribution in [-0.4, -0.2) is 36.5 Å². The van der Waals surface area contributed by atoms with Gasteiger partial charge >= 0.3 is 5.97 Å². The summed E-state index contributed by atoms with van der Waals surface area (Å²) in [5.41, 5.74) is 0. The topological polar surface area (TPSA) is 59.1 Å². The zero-order chi connectivity index (χ0) is 16.9. The van der Waals surface area contributed by atoms with Crippen molar-refractivity contribution < 1.29 is 19.4 Å². The van der Waals surface area contributed by atoms with Gasteiger partial charge in [-0.05, 0) is 25.7 Å². The number of hydrogen-bond acceptors (Lipinski definition) is 4. The maximum Gasteiger partial charge on any atom is 0.305 e. The standard InChI is InChI=1S/C19H34O4/c1-3-4-5-7-10-13-16(20)19-17(23-19)14-11-8-6-9-12-15-18(21)22-2/h10,13,16-17,19-20H,3-9,11-12,14-15H2,1-2H3/b13-10-. The lowest BCUT2D eigenvalue weighted by molar-refractivity contribution is -0.140. The van der Waals surface area contributed by atoms with Crippen LogP contribution in [0.2, 0.25) is 0 Å². The number of aliphatic hydroxyl groups is 1. The van der Waals surface area contributed by atoms with Crippen LogP contribution in [0.4, 0.5) is 0 Å². The van der Waals surface area contributed by atoms with Crippen molar-refractivity contribution in [3.05, 3.63) is 12.2 Å². The van der Waals surface area contributed by atoms with Crippen molar-refractivity contribution in [1.82, 2.24) is 0 Å². The molecule has 0 aromatic carbocycles.